The number of hydrogen-bond donors (Lipinski definition) is 0. The van der Waals surface area contributed by atoms with Gasteiger partial charge in [0, 0.05) is 17.7 Å². The molecule has 0 N–H and O–H groups in total. The smallest absolute Gasteiger partial charge is 0.307 e. The van der Waals surface area contributed by atoms with Crippen LogP contribution in [0.1, 0.15) is 16.1 Å². The molecule has 0 aliphatic heterocycles. The minimum absolute atomic E-state index is 0.0940. The molecule has 0 unspecified atom stereocenters. The van der Waals surface area contributed by atoms with Crippen LogP contribution < -0.4 is 9.79 Å². The number of Topliss-reactive ketones (excluding diaryl/α,β-unsaturated/α-hetero) is 1. The van der Waals surface area contributed by atoms with Gasteiger partial charge in [-0.2, -0.15) is 5.26 Å². The van der Waals surface area contributed by atoms with Crippen LogP contribution in [0.4, 0.5) is 0 Å². The highest BCUT2D eigenvalue weighted by atomic mass is 32.2. The number of rotatable bonds is 6. The van der Waals surface area contributed by atoms with Crippen molar-refractivity contribution in [2.75, 3.05) is 5.75 Å². The Kier molecular flexibility index (Phi) is 5.54. The van der Waals surface area contributed by atoms with Crippen LogP contribution in [0.5, 0.6) is 5.95 Å². The van der Waals surface area contributed by atoms with E-state index >= 15 is 0 Å². The molecule has 2 heterocycles. The highest BCUT2D eigenvalue weighted by Gasteiger charge is 2.27. The van der Waals surface area contributed by atoms with Crippen molar-refractivity contribution >= 4 is 17.5 Å². The van der Waals surface area contributed by atoms with Crippen molar-refractivity contribution < 1.29 is 19.1 Å². The van der Waals surface area contributed by atoms with E-state index in [-0.39, 0.29) is 11.4 Å². The molecular formula is C22H14N4O3S. The Balaban J connectivity index is 1.60. The van der Waals surface area contributed by atoms with Crippen LogP contribution in [0, 0.1) is 11.3 Å². The van der Waals surface area contributed by atoms with Gasteiger partial charge in [-0.25, -0.2) is 4.98 Å². The molecule has 0 radical (unpaired) electrons. The van der Waals surface area contributed by atoms with Gasteiger partial charge in [0.15, 0.2) is 5.95 Å². The Morgan fingerprint density at radius 1 is 1.07 bits per heavy atom. The maximum atomic E-state index is 12.8. The fourth-order valence-electron chi connectivity index (χ4n) is 2.83. The number of nitriles is 1. The van der Waals surface area contributed by atoms with Gasteiger partial charge in [-0.1, -0.05) is 60.3 Å². The van der Waals surface area contributed by atoms with Gasteiger partial charge in [-0.15, -0.1) is 0 Å². The molecule has 0 amide bonds. The number of hydrogen-bond acceptors (Lipinski definition) is 7. The van der Waals surface area contributed by atoms with Crippen LogP contribution in [0.2, 0.25) is 0 Å². The number of benzene rings is 2. The molecule has 4 rings (SSSR count). The first-order valence-electron chi connectivity index (χ1n) is 8.94. The summed E-state index contributed by atoms with van der Waals surface area (Å²) in [6, 6.07) is 23.8. The van der Waals surface area contributed by atoms with E-state index < -0.39 is 11.7 Å². The van der Waals surface area contributed by atoms with Crippen molar-refractivity contribution in [3.8, 4) is 29.0 Å². The summed E-state index contributed by atoms with van der Waals surface area (Å²) in [5.74, 6) is -1.37. The summed E-state index contributed by atoms with van der Waals surface area (Å²) in [7, 11) is 0. The molecule has 0 fully saturated rings. The van der Waals surface area contributed by atoms with Crippen LogP contribution in [-0.4, -0.2) is 21.8 Å². The third-order valence-corrected chi connectivity index (χ3v) is 5.26. The molecule has 2 aromatic carbocycles. The lowest BCUT2D eigenvalue weighted by molar-refractivity contribution is -0.672. The molecule has 0 bridgehead atoms. The Hall–Kier alpha value is -3.96. The molecule has 7 nitrogen and oxygen atoms in total. The zero-order valence-corrected chi connectivity index (χ0v) is 16.4. The summed E-state index contributed by atoms with van der Waals surface area (Å²) < 4.78 is 5.89. The highest BCUT2D eigenvalue weighted by Crippen LogP contribution is 2.26. The second-order valence-corrected chi connectivity index (χ2v) is 7.16. The van der Waals surface area contributed by atoms with Gasteiger partial charge in [0.05, 0.1) is 22.3 Å². The number of aromatic nitrogens is 3. The summed E-state index contributed by atoms with van der Waals surface area (Å²) in [4.78, 5) is 17.3. The topological polar surface area (TPSA) is 107 Å². The molecule has 2 aromatic heterocycles. The highest BCUT2D eigenvalue weighted by molar-refractivity contribution is 8.00. The van der Waals surface area contributed by atoms with Gasteiger partial charge in [-0.3, -0.25) is 4.79 Å². The number of nitrogens with zero attached hydrogens (tertiary/aromatic N) is 4. The maximum Gasteiger partial charge on any atom is 0.307 e. The normalized spacial score (nSPS) is 10.5. The van der Waals surface area contributed by atoms with Crippen molar-refractivity contribution in [2.24, 2.45) is 0 Å². The number of carbonyl (C=O) groups excluding carboxylic acids is 1. The first kappa shape index (κ1) is 19.4. The van der Waals surface area contributed by atoms with Gasteiger partial charge in [0.2, 0.25) is 11.5 Å². The standard InChI is InChI=1S/C22H14N4O3S/c23-13-16-11-12-18(15-7-3-1-4-8-15)24-21(16)30-14-19(27)20-22(28)29-25-26(20)17-9-5-2-6-10-17/h1-12H,14H2. The molecule has 0 spiro atoms. The SMILES string of the molecule is N#Cc1ccc(-c2ccccc2)nc1SCC(=O)c1c([O-])on[n+]1-c1ccccc1. The van der Waals surface area contributed by atoms with Crippen LogP contribution in [0.15, 0.2) is 82.3 Å². The van der Waals surface area contributed by atoms with Crippen LogP contribution in [0.3, 0.4) is 0 Å². The van der Waals surface area contributed by atoms with Crippen LogP contribution in [-0.2, 0) is 0 Å². The van der Waals surface area contributed by atoms with E-state index in [9.17, 15) is 15.2 Å². The van der Waals surface area contributed by atoms with E-state index in [2.05, 4.69) is 16.3 Å². The van der Waals surface area contributed by atoms with E-state index in [1.807, 2.05) is 36.4 Å². The Morgan fingerprint density at radius 2 is 1.77 bits per heavy atom. The third kappa shape index (κ3) is 3.92. The number of pyridine rings is 1. The lowest BCUT2D eigenvalue weighted by Crippen LogP contribution is -2.39. The molecule has 0 aliphatic rings. The van der Waals surface area contributed by atoms with Crippen molar-refractivity contribution in [3.63, 3.8) is 0 Å². The molecule has 0 aliphatic carbocycles. The minimum Gasteiger partial charge on any atom is -0.539 e. The van der Waals surface area contributed by atoms with Gasteiger partial charge in [0.25, 0.3) is 0 Å². The first-order valence-corrected chi connectivity index (χ1v) is 9.93. The predicted octanol–water partition coefficient (Wildman–Crippen LogP) is 2.93. The lowest BCUT2D eigenvalue weighted by Gasteiger charge is -2.06. The van der Waals surface area contributed by atoms with Crippen molar-refractivity contribution in [1.82, 2.24) is 10.3 Å². The summed E-state index contributed by atoms with van der Waals surface area (Å²) >= 11 is 1.09. The van der Waals surface area contributed by atoms with Gasteiger partial charge < -0.3 is 9.63 Å². The summed E-state index contributed by atoms with van der Waals surface area (Å²) in [5.41, 5.74) is 2.32. The van der Waals surface area contributed by atoms with E-state index in [1.165, 1.54) is 4.68 Å². The van der Waals surface area contributed by atoms with Crippen molar-refractivity contribution in [1.29, 1.82) is 5.26 Å². The zero-order valence-electron chi connectivity index (χ0n) is 15.6. The van der Waals surface area contributed by atoms with Gasteiger partial charge >= 0.3 is 5.69 Å². The van der Waals surface area contributed by atoms with Crippen LogP contribution in [0.25, 0.3) is 16.9 Å². The Labute approximate surface area is 176 Å². The fourth-order valence-corrected chi connectivity index (χ4v) is 3.67. The molecular weight excluding hydrogens is 400 g/mol. The largest absolute Gasteiger partial charge is 0.539 e. The maximum absolute atomic E-state index is 12.8. The van der Waals surface area contributed by atoms with E-state index in [0.29, 0.717) is 22.0 Å². The minimum atomic E-state index is -0.809. The van der Waals surface area contributed by atoms with Crippen molar-refractivity contribution in [3.05, 3.63) is 84.1 Å². The summed E-state index contributed by atoms with van der Waals surface area (Å²) in [5, 5.41) is 25.6. The van der Waals surface area contributed by atoms with Crippen molar-refractivity contribution in [2.45, 2.75) is 5.03 Å². The summed E-state index contributed by atoms with van der Waals surface area (Å²) in [6.07, 6.45) is 0. The number of thioether (sulfide) groups is 1. The molecule has 0 atom stereocenters. The molecule has 0 saturated heterocycles. The monoisotopic (exact) mass is 414 g/mol. The summed E-state index contributed by atoms with van der Waals surface area (Å²) in [6.45, 7) is 0. The molecule has 8 heteroatoms. The lowest BCUT2D eigenvalue weighted by atomic mass is 10.1. The zero-order chi connectivity index (χ0) is 20.9. The van der Waals surface area contributed by atoms with E-state index in [0.717, 1.165) is 17.3 Å². The molecule has 146 valence electrons. The van der Waals surface area contributed by atoms with Crippen LogP contribution >= 0.6 is 11.8 Å². The van der Waals surface area contributed by atoms with Gasteiger partial charge in [-0.05, 0) is 16.8 Å². The molecule has 30 heavy (non-hydrogen) atoms. The Morgan fingerprint density at radius 3 is 2.47 bits per heavy atom. The molecule has 0 saturated carbocycles. The second kappa shape index (κ2) is 8.59. The first-order chi connectivity index (χ1) is 14.7. The van der Waals surface area contributed by atoms with E-state index in [4.69, 9.17) is 4.52 Å². The number of ketones is 1. The fraction of sp³-hybridized carbons (Fsp3) is 0.0455. The quantitative estimate of drug-likeness (QED) is 0.271. The molecule has 4 aromatic rings. The number of para-hydroxylation sites is 1. The average molecular weight is 414 g/mol. The third-order valence-electron chi connectivity index (χ3n) is 4.27. The Bertz CT molecular complexity index is 1230. The average Bonchev–Trinajstić information content (AvgIpc) is 3.20. The van der Waals surface area contributed by atoms with E-state index in [1.54, 1.807) is 36.4 Å². The second-order valence-electron chi connectivity index (χ2n) is 6.20. The predicted molar refractivity (Wildman–Crippen MR) is 107 cm³/mol. The number of carbonyl (C=O) groups is 1. The van der Waals surface area contributed by atoms with Gasteiger partial charge in [0.1, 0.15) is 11.1 Å².